The van der Waals surface area contributed by atoms with Crippen LogP contribution in [0.5, 0.6) is 0 Å². The van der Waals surface area contributed by atoms with E-state index in [1.807, 2.05) is 0 Å². The Balaban J connectivity index is 1.55. The normalized spacial score (nSPS) is 10.7. The number of anilines is 2. The Kier molecular flexibility index (Phi) is 7.60. The lowest BCUT2D eigenvalue weighted by Gasteiger charge is -2.08. The fraction of sp³-hybridized carbons (Fsp3) is 0.158. The van der Waals surface area contributed by atoms with Gasteiger partial charge in [-0.2, -0.15) is 0 Å². The third kappa shape index (κ3) is 5.89. The van der Waals surface area contributed by atoms with Crippen LogP contribution in [-0.2, 0) is 23.1 Å². The summed E-state index contributed by atoms with van der Waals surface area (Å²) in [6, 6.07) is 11.9. The molecule has 0 aliphatic heterocycles. The molecule has 7 nitrogen and oxygen atoms in total. The zero-order valence-electron chi connectivity index (χ0n) is 15.7. The van der Waals surface area contributed by atoms with Crippen molar-refractivity contribution in [1.82, 2.24) is 14.8 Å². The number of carbonyl (C=O) groups excluding carboxylic acids is 2. The fourth-order valence-electron chi connectivity index (χ4n) is 2.46. The molecule has 2 amide bonds. The maximum absolute atomic E-state index is 12.3. The molecule has 2 N–H and O–H groups in total. The quantitative estimate of drug-likeness (QED) is 0.475. The number of amides is 2. The van der Waals surface area contributed by atoms with Gasteiger partial charge in [-0.05, 0) is 30.3 Å². The molecule has 0 spiro atoms. The van der Waals surface area contributed by atoms with Gasteiger partial charge >= 0.3 is 0 Å². The molecule has 0 unspecified atom stereocenters. The lowest BCUT2D eigenvalue weighted by atomic mass is 10.3. The molecular formula is C19H16Cl3N5O2S. The Morgan fingerprint density at radius 3 is 2.57 bits per heavy atom. The average molecular weight is 485 g/mol. The maximum atomic E-state index is 12.3. The van der Waals surface area contributed by atoms with Gasteiger partial charge in [-0.25, -0.2) is 0 Å². The molecule has 1 aromatic heterocycles. The standard InChI is InChI=1S/C19H16Cl3N5O2S/c1-27-15(9-16(28)24-14-7-3-6-13(21)18(14)22)25-26-19(27)30-10-17(29)23-12-5-2-4-11(20)8-12/h2-8H,9-10H2,1H3,(H,23,29)(H,24,28). The van der Waals surface area contributed by atoms with Gasteiger partial charge in [0.2, 0.25) is 11.8 Å². The van der Waals surface area contributed by atoms with Crippen LogP contribution >= 0.6 is 46.6 Å². The molecule has 1 heterocycles. The highest BCUT2D eigenvalue weighted by Crippen LogP contribution is 2.29. The summed E-state index contributed by atoms with van der Waals surface area (Å²) in [6.07, 6.45) is -0.0123. The van der Waals surface area contributed by atoms with Crippen molar-refractivity contribution in [2.24, 2.45) is 7.05 Å². The summed E-state index contributed by atoms with van der Waals surface area (Å²) in [5.74, 6) is 0.0523. The molecule has 30 heavy (non-hydrogen) atoms. The Bertz CT molecular complexity index is 1090. The Morgan fingerprint density at radius 2 is 1.80 bits per heavy atom. The lowest BCUT2D eigenvalue weighted by molar-refractivity contribution is -0.116. The SMILES string of the molecule is Cn1c(CC(=O)Nc2cccc(Cl)c2Cl)nnc1SCC(=O)Nc1cccc(Cl)c1. The van der Waals surface area contributed by atoms with Crippen molar-refractivity contribution >= 4 is 69.8 Å². The van der Waals surface area contributed by atoms with E-state index in [2.05, 4.69) is 20.8 Å². The van der Waals surface area contributed by atoms with Crippen LogP contribution < -0.4 is 10.6 Å². The number of aromatic nitrogens is 3. The third-order valence-corrected chi connectivity index (χ3v) is 5.98. The zero-order valence-corrected chi connectivity index (χ0v) is 18.7. The second-order valence-electron chi connectivity index (χ2n) is 6.13. The fourth-order valence-corrected chi connectivity index (χ4v) is 3.72. The van der Waals surface area contributed by atoms with E-state index in [1.165, 1.54) is 11.8 Å². The van der Waals surface area contributed by atoms with E-state index in [1.54, 1.807) is 54.1 Å². The summed E-state index contributed by atoms with van der Waals surface area (Å²) in [5, 5.41) is 15.2. The summed E-state index contributed by atoms with van der Waals surface area (Å²) in [6.45, 7) is 0. The van der Waals surface area contributed by atoms with E-state index in [0.29, 0.717) is 32.4 Å². The number of thioether (sulfide) groups is 1. The molecular weight excluding hydrogens is 469 g/mol. The predicted octanol–water partition coefficient (Wildman–Crippen LogP) is 4.69. The van der Waals surface area contributed by atoms with Gasteiger partial charge in [0.15, 0.2) is 5.16 Å². The molecule has 0 saturated carbocycles. The first kappa shape index (κ1) is 22.4. The van der Waals surface area contributed by atoms with Gasteiger partial charge in [-0.15, -0.1) is 10.2 Å². The van der Waals surface area contributed by atoms with E-state index in [9.17, 15) is 9.59 Å². The summed E-state index contributed by atoms with van der Waals surface area (Å²) in [7, 11) is 1.73. The largest absolute Gasteiger partial charge is 0.325 e. The second-order valence-corrected chi connectivity index (χ2v) is 8.30. The van der Waals surface area contributed by atoms with Crippen molar-refractivity contribution in [2.75, 3.05) is 16.4 Å². The minimum Gasteiger partial charge on any atom is -0.325 e. The molecule has 0 aliphatic carbocycles. The number of hydrogen-bond acceptors (Lipinski definition) is 5. The van der Waals surface area contributed by atoms with Crippen molar-refractivity contribution in [3.63, 3.8) is 0 Å². The van der Waals surface area contributed by atoms with E-state index in [-0.39, 0.29) is 29.0 Å². The van der Waals surface area contributed by atoms with Gasteiger partial charge in [-0.3, -0.25) is 9.59 Å². The monoisotopic (exact) mass is 483 g/mol. The van der Waals surface area contributed by atoms with E-state index >= 15 is 0 Å². The average Bonchev–Trinajstić information content (AvgIpc) is 3.03. The van der Waals surface area contributed by atoms with Crippen molar-refractivity contribution in [3.05, 3.63) is 63.4 Å². The summed E-state index contributed by atoms with van der Waals surface area (Å²) in [5.41, 5.74) is 1.03. The van der Waals surface area contributed by atoms with Gasteiger partial charge < -0.3 is 15.2 Å². The number of nitrogens with zero attached hydrogens (tertiary/aromatic N) is 3. The smallest absolute Gasteiger partial charge is 0.234 e. The predicted molar refractivity (Wildman–Crippen MR) is 121 cm³/mol. The molecule has 0 fully saturated rings. The van der Waals surface area contributed by atoms with Crippen LogP contribution in [0.3, 0.4) is 0 Å². The minimum absolute atomic E-state index is 0.0123. The molecule has 0 radical (unpaired) electrons. The molecule has 0 aliphatic rings. The maximum Gasteiger partial charge on any atom is 0.234 e. The molecule has 156 valence electrons. The zero-order chi connectivity index (χ0) is 21.7. The second kappa shape index (κ2) is 10.2. The van der Waals surface area contributed by atoms with Gasteiger partial charge in [0.1, 0.15) is 5.82 Å². The molecule has 0 atom stereocenters. The van der Waals surface area contributed by atoms with Gasteiger partial charge in [0.25, 0.3) is 0 Å². The molecule has 0 bridgehead atoms. The molecule has 0 saturated heterocycles. The van der Waals surface area contributed by atoms with E-state index in [4.69, 9.17) is 34.8 Å². The number of halogens is 3. The highest BCUT2D eigenvalue weighted by Gasteiger charge is 2.16. The van der Waals surface area contributed by atoms with Crippen LogP contribution in [0.15, 0.2) is 47.6 Å². The Hall–Kier alpha value is -2.26. The Morgan fingerprint density at radius 1 is 1.03 bits per heavy atom. The van der Waals surface area contributed by atoms with Crippen LogP contribution in [0.2, 0.25) is 15.1 Å². The van der Waals surface area contributed by atoms with Crippen molar-refractivity contribution < 1.29 is 9.59 Å². The van der Waals surface area contributed by atoms with E-state index < -0.39 is 0 Å². The van der Waals surface area contributed by atoms with Crippen LogP contribution in [-0.4, -0.2) is 32.3 Å². The minimum atomic E-state index is -0.315. The highest BCUT2D eigenvalue weighted by atomic mass is 35.5. The first-order valence-electron chi connectivity index (χ1n) is 8.64. The summed E-state index contributed by atoms with van der Waals surface area (Å²) in [4.78, 5) is 24.5. The summed E-state index contributed by atoms with van der Waals surface area (Å²) >= 11 is 19.2. The van der Waals surface area contributed by atoms with Crippen molar-refractivity contribution in [1.29, 1.82) is 0 Å². The first-order chi connectivity index (χ1) is 14.3. The van der Waals surface area contributed by atoms with Gasteiger partial charge in [0, 0.05) is 17.8 Å². The van der Waals surface area contributed by atoms with Crippen LogP contribution in [0.4, 0.5) is 11.4 Å². The van der Waals surface area contributed by atoms with Crippen LogP contribution in [0.1, 0.15) is 5.82 Å². The van der Waals surface area contributed by atoms with Crippen LogP contribution in [0, 0.1) is 0 Å². The van der Waals surface area contributed by atoms with Crippen molar-refractivity contribution in [2.45, 2.75) is 11.6 Å². The Labute approximate surface area is 192 Å². The van der Waals surface area contributed by atoms with E-state index in [0.717, 1.165) is 0 Å². The number of benzene rings is 2. The number of rotatable bonds is 7. The lowest BCUT2D eigenvalue weighted by Crippen LogP contribution is -2.17. The molecule has 3 rings (SSSR count). The third-order valence-electron chi connectivity index (χ3n) is 3.91. The first-order valence-corrected chi connectivity index (χ1v) is 10.8. The number of hydrogen-bond donors (Lipinski definition) is 2. The molecule has 11 heteroatoms. The number of carbonyl (C=O) groups is 2. The van der Waals surface area contributed by atoms with Gasteiger partial charge in [0.05, 0.1) is 27.9 Å². The summed E-state index contributed by atoms with van der Waals surface area (Å²) < 4.78 is 1.66. The highest BCUT2D eigenvalue weighted by molar-refractivity contribution is 7.99. The molecule has 2 aromatic carbocycles. The van der Waals surface area contributed by atoms with Gasteiger partial charge in [-0.1, -0.05) is 58.7 Å². The topological polar surface area (TPSA) is 88.9 Å². The van der Waals surface area contributed by atoms with Crippen LogP contribution in [0.25, 0.3) is 0 Å². The number of nitrogens with one attached hydrogen (secondary N) is 2. The van der Waals surface area contributed by atoms with Crippen molar-refractivity contribution in [3.8, 4) is 0 Å². The molecule has 3 aromatic rings.